The molecule has 0 fully saturated rings. The van der Waals surface area contributed by atoms with Crippen molar-refractivity contribution in [2.75, 3.05) is 6.61 Å². The molecule has 0 unspecified atom stereocenters. The van der Waals surface area contributed by atoms with Crippen LogP contribution in [-0.4, -0.2) is 21.1 Å². The second-order valence-corrected chi connectivity index (χ2v) is 8.89. The van der Waals surface area contributed by atoms with Crippen LogP contribution in [0.5, 0.6) is 5.75 Å². The number of H-pyrrole nitrogens is 1. The van der Waals surface area contributed by atoms with E-state index in [0.717, 1.165) is 15.3 Å². The zero-order chi connectivity index (χ0) is 22.0. The van der Waals surface area contributed by atoms with Crippen LogP contribution in [0, 0.1) is 5.92 Å². The van der Waals surface area contributed by atoms with E-state index in [2.05, 4.69) is 4.98 Å². The normalized spacial score (nSPS) is 11.4. The highest BCUT2D eigenvalue weighted by atomic mass is 32.1. The van der Waals surface area contributed by atoms with E-state index < -0.39 is 0 Å². The molecular formula is C24H25N3O3S. The van der Waals surface area contributed by atoms with E-state index in [1.54, 1.807) is 10.8 Å². The molecule has 0 atom stereocenters. The van der Waals surface area contributed by atoms with E-state index >= 15 is 0 Å². The number of hydrogen-bond acceptors (Lipinski definition) is 5. The lowest BCUT2D eigenvalue weighted by Crippen LogP contribution is -2.26. The topological polar surface area (TPSA) is 77.0 Å². The number of nitrogens with one attached hydrogen (secondary N) is 1. The maximum absolute atomic E-state index is 13.3. The molecule has 4 rings (SSSR count). The molecule has 6 nitrogen and oxygen atoms in total. The maximum Gasteiger partial charge on any atom is 0.262 e. The van der Waals surface area contributed by atoms with Crippen molar-refractivity contribution in [3.05, 3.63) is 80.8 Å². The van der Waals surface area contributed by atoms with Gasteiger partial charge in [-0.15, -0.1) is 11.3 Å². The quantitative estimate of drug-likeness (QED) is 0.465. The van der Waals surface area contributed by atoms with Crippen molar-refractivity contribution >= 4 is 21.6 Å². The summed E-state index contributed by atoms with van der Waals surface area (Å²) in [5.74, 6) is 1.31. The first-order chi connectivity index (χ1) is 15.0. The van der Waals surface area contributed by atoms with Crippen molar-refractivity contribution in [2.45, 2.75) is 33.7 Å². The Morgan fingerprint density at radius 1 is 1.16 bits per heavy atom. The van der Waals surface area contributed by atoms with Gasteiger partial charge in [0, 0.05) is 29.3 Å². The number of aryl methyl sites for hydroxylation is 1. The van der Waals surface area contributed by atoms with Gasteiger partial charge in [0.1, 0.15) is 10.7 Å². The Kier molecular flexibility index (Phi) is 6.04. The van der Waals surface area contributed by atoms with Crippen molar-refractivity contribution in [3.63, 3.8) is 0 Å². The number of hydrogen-bond donors (Lipinski definition) is 1. The predicted molar refractivity (Wildman–Crippen MR) is 125 cm³/mol. The van der Waals surface area contributed by atoms with Crippen molar-refractivity contribution in [2.24, 2.45) is 5.92 Å². The first kappa shape index (κ1) is 21.1. The van der Waals surface area contributed by atoms with Crippen LogP contribution in [0.25, 0.3) is 20.7 Å². The Morgan fingerprint density at radius 2 is 1.94 bits per heavy atom. The average Bonchev–Trinajstić information content (AvgIpc) is 3.20. The number of thiophene rings is 1. The van der Waals surface area contributed by atoms with Gasteiger partial charge in [0.2, 0.25) is 5.43 Å². The van der Waals surface area contributed by atoms with Gasteiger partial charge >= 0.3 is 0 Å². The summed E-state index contributed by atoms with van der Waals surface area (Å²) in [6.07, 6.45) is 2.18. The van der Waals surface area contributed by atoms with Crippen molar-refractivity contribution in [3.8, 4) is 16.2 Å². The fraction of sp³-hybridized carbons (Fsp3) is 0.292. The standard InChI is InChI=1S/C24H25N3O3S/c1-4-22-26-23-18(11-21(31-23)16-8-6-5-7-9-16)24(29)27(22)13-17-10-19(28)20(12-25-17)30-14-15(2)3/h5-12,15H,4,13-14H2,1-3H3,(H,25,28). The lowest BCUT2D eigenvalue weighted by Gasteiger charge is -2.12. The number of nitrogens with zero attached hydrogens (tertiary/aromatic N) is 2. The zero-order valence-corrected chi connectivity index (χ0v) is 18.7. The monoisotopic (exact) mass is 435 g/mol. The van der Waals surface area contributed by atoms with E-state index in [0.29, 0.717) is 41.6 Å². The molecule has 0 spiro atoms. The lowest BCUT2D eigenvalue weighted by atomic mass is 10.2. The molecule has 4 aromatic rings. The van der Waals surface area contributed by atoms with E-state index in [4.69, 9.17) is 9.72 Å². The van der Waals surface area contributed by atoms with Gasteiger partial charge in [-0.3, -0.25) is 14.2 Å². The molecule has 0 amide bonds. The molecule has 0 radical (unpaired) electrons. The van der Waals surface area contributed by atoms with Crippen molar-refractivity contribution < 1.29 is 4.74 Å². The highest BCUT2D eigenvalue weighted by molar-refractivity contribution is 7.21. The van der Waals surface area contributed by atoms with E-state index in [9.17, 15) is 9.59 Å². The number of benzene rings is 1. The van der Waals surface area contributed by atoms with Crippen LogP contribution in [0.1, 0.15) is 32.3 Å². The minimum Gasteiger partial charge on any atom is -0.488 e. The first-order valence-corrected chi connectivity index (χ1v) is 11.2. The summed E-state index contributed by atoms with van der Waals surface area (Å²) in [5.41, 5.74) is 1.41. The second-order valence-electron chi connectivity index (χ2n) is 7.86. The summed E-state index contributed by atoms with van der Waals surface area (Å²) in [5, 5.41) is 0.597. The number of ether oxygens (including phenoxy) is 1. The van der Waals surface area contributed by atoms with Gasteiger partial charge in [0.15, 0.2) is 5.75 Å². The largest absolute Gasteiger partial charge is 0.488 e. The molecule has 7 heteroatoms. The third-order valence-electron chi connectivity index (χ3n) is 4.94. The van der Waals surface area contributed by atoms with E-state index in [-0.39, 0.29) is 17.5 Å². The number of fused-ring (bicyclic) bond motifs is 1. The zero-order valence-electron chi connectivity index (χ0n) is 17.8. The Morgan fingerprint density at radius 3 is 2.61 bits per heavy atom. The van der Waals surface area contributed by atoms with Gasteiger partial charge < -0.3 is 9.72 Å². The van der Waals surface area contributed by atoms with Gasteiger partial charge in [0.25, 0.3) is 5.56 Å². The average molecular weight is 436 g/mol. The molecule has 3 heterocycles. The van der Waals surface area contributed by atoms with Crippen LogP contribution in [0.3, 0.4) is 0 Å². The second kappa shape index (κ2) is 8.89. The highest BCUT2D eigenvalue weighted by Crippen LogP contribution is 2.31. The highest BCUT2D eigenvalue weighted by Gasteiger charge is 2.15. The first-order valence-electron chi connectivity index (χ1n) is 10.4. The van der Waals surface area contributed by atoms with Gasteiger partial charge in [0.05, 0.1) is 18.5 Å². The maximum atomic E-state index is 13.3. The van der Waals surface area contributed by atoms with Gasteiger partial charge in [-0.25, -0.2) is 4.98 Å². The Bertz CT molecular complexity index is 1320. The van der Waals surface area contributed by atoms with Gasteiger partial charge in [-0.2, -0.15) is 0 Å². The molecular weight excluding hydrogens is 410 g/mol. The summed E-state index contributed by atoms with van der Waals surface area (Å²) in [6.45, 7) is 6.75. The van der Waals surface area contributed by atoms with Gasteiger partial charge in [-0.1, -0.05) is 51.1 Å². The molecule has 0 aliphatic carbocycles. The molecule has 0 saturated heterocycles. The molecule has 160 valence electrons. The van der Waals surface area contributed by atoms with Crippen LogP contribution in [-0.2, 0) is 13.0 Å². The third kappa shape index (κ3) is 4.46. The minimum atomic E-state index is -0.198. The summed E-state index contributed by atoms with van der Waals surface area (Å²) < 4.78 is 7.19. The fourth-order valence-electron chi connectivity index (χ4n) is 3.37. The Balaban J connectivity index is 1.70. The fourth-order valence-corrected chi connectivity index (χ4v) is 4.41. The molecule has 3 aromatic heterocycles. The summed E-state index contributed by atoms with van der Waals surface area (Å²) >= 11 is 1.52. The molecule has 0 aliphatic rings. The molecule has 0 bridgehead atoms. The van der Waals surface area contributed by atoms with Crippen molar-refractivity contribution in [1.29, 1.82) is 0 Å². The van der Waals surface area contributed by atoms with Crippen LogP contribution in [0.2, 0.25) is 0 Å². The molecule has 1 aromatic carbocycles. The summed E-state index contributed by atoms with van der Waals surface area (Å²) in [6, 6.07) is 13.4. The predicted octanol–water partition coefficient (Wildman–Crippen LogP) is 4.46. The Hall–Kier alpha value is -3.19. The Labute approximate surface area is 184 Å². The number of aromatic nitrogens is 3. The minimum absolute atomic E-state index is 0.0961. The van der Waals surface area contributed by atoms with Crippen LogP contribution in [0.15, 0.2) is 58.3 Å². The number of aromatic amines is 1. The van der Waals surface area contributed by atoms with Crippen LogP contribution < -0.4 is 15.7 Å². The number of pyridine rings is 1. The molecule has 1 N–H and O–H groups in total. The van der Waals surface area contributed by atoms with Gasteiger partial charge in [-0.05, 0) is 17.5 Å². The molecule has 0 aliphatic heterocycles. The SMILES string of the molecule is CCc1nc2sc(-c3ccccc3)cc2c(=O)n1Cc1cc(=O)c(OCC(C)C)c[nH]1. The smallest absolute Gasteiger partial charge is 0.262 e. The van der Waals surface area contributed by atoms with E-state index in [1.807, 2.05) is 57.2 Å². The van der Waals surface area contributed by atoms with Crippen molar-refractivity contribution in [1.82, 2.24) is 14.5 Å². The molecule has 31 heavy (non-hydrogen) atoms. The van der Waals surface area contributed by atoms with Crippen LogP contribution >= 0.6 is 11.3 Å². The third-order valence-corrected chi connectivity index (χ3v) is 6.02. The number of rotatable bonds is 7. The van der Waals surface area contributed by atoms with Crippen LogP contribution in [0.4, 0.5) is 0 Å². The molecule has 0 saturated carbocycles. The lowest BCUT2D eigenvalue weighted by molar-refractivity contribution is 0.267. The summed E-state index contributed by atoms with van der Waals surface area (Å²) in [7, 11) is 0. The van der Waals surface area contributed by atoms with E-state index in [1.165, 1.54) is 17.4 Å². The summed E-state index contributed by atoms with van der Waals surface area (Å²) in [4.78, 5) is 35.3.